The van der Waals surface area contributed by atoms with Crippen molar-refractivity contribution in [3.63, 3.8) is 0 Å². The number of nitrogens with zero attached hydrogens (tertiary/aromatic N) is 1. The minimum atomic E-state index is -1.15. The second-order valence-corrected chi connectivity index (χ2v) is 8.64. The lowest BCUT2D eigenvalue weighted by Gasteiger charge is -2.32. The van der Waals surface area contributed by atoms with E-state index in [1.165, 1.54) is 11.1 Å². The van der Waals surface area contributed by atoms with Gasteiger partial charge in [-0.15, -0.1) is 0 Å². The molecule has 0 aromatic heterocycles. The molecule has 2 aliphatic heterocycles. The van der Waals surface area contributed by atoms with Crippen molar-refractivity contribution in [1.82, 2.24) is 4.90 Å². The van der Waals surface area contributed by atoms with Crippen LogP contribution in [0, 0.1) is 11.8 Å². The van der Waals surface area contributed by atoms with Crippen LogP contribution in [0.5, 0.6) is 0 Å². The lowest BCUT2D eigenvalue weighted by molar-refractivity contribution is -0.171. The minimum Gasteiger partial charge on any atom is -0.454 e. The molecule has 0 aromatic rings. The van der Waals surface area contributed by atoms with Gasteiger partial charge in [0.15, 0.2) is 18.4 Å². The SMILES string of the molecule is CC(C)[C@H](N)C(=O)O[C@@H]1[C@H](OC(=O)[C@@H](N)C(C)C)[C@@H](CO)O[C@H]1N1C=CCC(C(N)=O)=C1. The maximum absolute atomic E-state index is 12.7. The summed E-state index contributed by atoms with van der Waals surface area (Å²) < 4.78 is 17.1. The zero-order valence-corrected chi connectivity index (χ0v) is 18.8. The molecule has 11 heteroatoms. The number of nitrogens with two attached hydrogens (primary N) is 3. The molecule has 0 saturated carbocycles. The molecule has 1 saturated heterocycles. The Morgan fingerprint density at radius 1 is 1.09 bits per heavy atom. The normalized spacial score (nSPS) is 27.3. The number of allylic oxidation sites excluding steroid dienone is 1. The zero-order chi connectivity index (χ0) is 24.2. The molecule has 180 valence electrons. The molecular weight excluding hydrogens is 420 g/mol. The molecule has 0 unspecified atom stereocenters. The first kappa shape index (κ1) is 25.8. The Hall–Kier alpha value is -2.47. The molecule has 2 rings (SSSR count). The lowest BCUT2D eigenvalue weighted by atomic mass is 10.0. The standard InChI is InChI=1S/C21H34N4O7/c1-10(2)14(22)20(28)31-16-13(9-26)30-19(17(16)32-21(29)15(23)11(3)4)25-7-5-6-12(8-25)18(24)27/h5,7-8,10-11,13-17,19,26H,6,9,22-23H2,1-4H3,(H2,24,27)/t13-,14+,15+,16-,17-,19-/m1/s1. The minimum absolute atomic E-state index is 0.199. The van der Waals surface area contributed by atoms with Crippen molar-refractivity contribution in [2.24, 2.45) is 29.0 Å². The van der Waals surface area contributed by atoms with Crippen molar-refractivity contribution < 1.29 is 33.7 Å². The van der Waals surface area contributed by atoms with E-state index in [1.54, 1.807) is 40.0 Å². The van der Waals surface area contributed by atoms with Crippen molar-refractivity contribution >= 4 is 17.8 Å². The van der Waals surface area contributed by atoms with E-state index in [0.717, 1.165) is 0 Å². The Balaban J connectivity index is 2.37. The van der Waals surface area contributed by atoms with Gasteiger partial charge < -0.3 is 41.4 Å². The first-order chi connectivity index (χ1) is 15.0. The Bertz CT molecular complexity index is 767. The molecule has 0 radical (unpaired) electrons. The summed E-state index contributed by atoms with van der Waals surface area (Å²) >= 11 is 0. The predicted octanol–water partition coefficient (Wildman–Crippen LogP) is -0.918. The average Bonchev–Trinajstić information content (AvgIpc) is 3.09. The van der Waals surface area contributed by atoms with Gasteiger partial charge in [-0.25, -0.2) is 0 Å². The number of carbonyl (C=O) groups excluding carboxylic acids is 3. The van der Waals surface area contributed by atoms with Crippen LogP contribution in [0.25, 0.3) is 0 Å². The van der Waals surface area contributed by atoms with E-state index >= 15 is 0 Å². The zero-order valence-electron chi connectivity index (χ0n) is 18.8. The van der Waals surface area contributed by atoms with Gasteiger partial charge >= 0.3 is 11.9 Å². The van der Waals surface area contributed by atoms with Gasteiger partial charge in [-0.05, 0) is 18.3 Å². The van der Waals surface area contributed by atoms with Gasteiger partial charge in [0.05, 0.1) is 6.61 Å². The summed E-state index contributed by atoms with van der Waals surface area (Å²) in [5.41, 5.74) is 17.5. The third-order valence-electron chi connectivity index (χ3n) is 5.48. The van der Waals surface area contributed by atoms with Crippen LogP contribution in [0.4, 0.5) is 0 Å². The number of ether oxygens (including phenoxy) is 3. The van der Waals surface area contributed by atoms with E-state index in [4.69, 9.17) is 31.4 Å². The molecule has 0 bridgehead atoms. The number of amides is 1. The Labute approximate surface area is 187 Å². The Morgan fingerprint density at radius 2 is 1.62 bits per heavy atom. The van der Waals surface area contributed by atoms with Crippen molar-refractivity contribution in [3.05, 3.63) is 24.0 Å². The first-order valence-electron chi connectivity index (χ1n) is 10.6. The average molecular weight is 455 g/mol. The molecule has 0 aliphatic carbocycles. The highest BCUT2D eigenvalue weighted by molar-refractivity contribution is 5.92. The van der Waals surface area contributed by atoms with Gasteiger partial charge in [-0.3, -0.25) is 14.4 Å². The van der Waals surface area contributed by atoms with E-state index in [-0.39, 0.29) is 11.8 Å². The highest BCUT2D eigenvalue weighted by Gasteiger charge is 2.52. The number of esters is 2. The highest BCUT2D eigenvalue weighted by atomic mass is 16.6. The maximum atomic E-state index is 12.7. The van der Waals surface area contributed by atoms with Gasteiger partial charge in [0.1, 0.15) is 18.2 Å². The Morgan fingerprint density at radius 3 is 2.09 bits per heavy atom. The van der Waals surface area contributed by atoms with Crippen molar-refractivity contribution in [1.29, 1.82) is 0 Å². The van der Waals surface area contributed by atoms with E-state index < -0.39 is 61.1 Å². The number of aliphatic hydroxyl groups is 1. The van der Waals surface area contributed by atoms with Crippen molar-refractivity contribution in [3.8, 4) is 0 Å². The van der Waals surface area contributed by atoms with Gasteiger partial charge in [-0.2, -0.15) is 0 Å². The molecular formula is C21H34N4O7. The molecule has 6 atom stereocenters. The number of rotatable bonds is 9. The fraction of sp³-hybridized carbons (Fsp3) is 0.667. The quantitative estimate of drug-likeness (QED) is 0.318. The molecule has 0 spiro atoms. The third-order valence-corrected chi connectivity index (χ3v) is 5.48. The second kappa shape index (κ2) is 10.9. The number of hydrogen-bond donors (Lipinski definition) is 4. The molecule has 1 fully saturated rings. The van der Waals surface area contributed by atoms with Crippen LogP contribution in [-0.4, -0.2) is 71.1 Å². The van der Waals surface area contributed by atoms with Crippen LogP contribution in [0.2, 0.25) is 0 Å². The molecule has 32 heavy (non-hydrogen) atoms. The summed E-state index contributed by atoms with van der Waals surface area (Å²) in [6, 6.07) is -1.84. The van der Waals surface area contributed by atoms with E-state index in [2.05, 4.69) is 0 Å². The number of carbonyl (C=O) groups is 3. The van der Waals surface area contributed by atoms with E-state index in [1.807, 2.05) is 0 Å². The number of aliphatic hydroxyl groups excluding tert-OH is 1. The van der Waals surface area contributed by atoms with Crippen LogP contribution in [0.3, 0.4) is 0 Å². The first-order valence-corrected chi connectivity index (χ1v) is 10.6. The predicted molar refractivity (Wildman–Crippen MR) is 114 cm³/mol. The van der Waals surface area contributed by atoms with E-state index in [9.17, 15) is 19.5 Å². The van der Waals surface area contributed by atoms with Gasteiger partial charge in [0.2, 0.25) is 5.91 Å². The summed E-state index contributed by atoms with van der Waals surface area (Å²) in [7, 11) is 0. The van der Waals surface area contributed by atoms with Crippen LogP contribution in [0.1, 0.15) is 34.1 Å². The van der Waals surface area contributed by atoms with Gasteiger partial charge in [0, 0.05) is 18.0 Å². The summed E-state index contributed by atoms with van der Waals surface area (Å²) in [5, 5.41) is 9.86. The van der Waals surface area contributed by atoms with Crippen LogP contribution in [-0.2, 0) is 28.6 Å². The van der Waals surface area contributed by atoms with Crippen molar-refractivity contribution in [2.45, 2.75) is 70.7 Å². The molecule has 1 amide bonds. The summed E-state index contributed by atoms with van der Waals surface area (Å²) in [6.45, 7) is 6.53. The summed E-state index contributed by atoms with van der Waals surface area (Å²) in [4.78, 5) is 38.3. The number of primary amides is 1. The summed E-state index contributed by atoms with van der Waals surface area (Å²) in [5.74, 6) is -2.45. The highest BCUT2D eigenvalue weighted by Crippen LogP contribution is 2.32. The van der Waals surface area contributed by atoms with Crippen LogP contribution >= 0.6 is 0 Å². The Kier molecular flexibility index (Phi) is 8.79. The van der Waals surface area contributed by atoms with Gasteiger partial charge in [-0.1, -0.05) is 33.8 Å². The molecule has 7 N–H and O–H groups in total. The lowest BCUT2D eigenvalue weighted by Crippen LogP contribution is -2.50. The fourth-order valence-corrected chi connectivity index (χ4v) is 3.23. The largest absolute Gasteiger partial charge is 0.454 e. The number of hydrogen-bond acceptors (Lipinski definition) is 10. The fourth-order valence-electron chi connectivity index (χ4n) is 3.23. The third kappa shape index (κ3) is 5.85. The van der Waals surface area contributed by atoms with Crippen LogP contribution in [0.15, 0.2) is 24.0 Å². The molecule has 2 aliphatic rings. The molecule has 11 nitrogen and oxygen atoms in total. The van der Waals surface area contributed by atoms with Gasteiger partial charge in [0.25, 0.3) is 0 Å². The van der Waals surface area contributed by atoms with Crippen LogP contribution < -0.4 is 17.2 Å². The second-order valence-electron chi connectivity index (χ2n) is 8.64. The summed E-state index contributed by atoms with van der Waals surface area (Å²) in [6.07, 6.45) is 0.795. The maximum Gasteiger partial charge on any atom is 0.323 e. The topological polar surface area (TPSA) is 180 Å². The smallest absolute Gasteiger partial charge is 0.323 e. The molecule has 0 aromatic carbocycles. The van der Waals surface area contributed by atoms with Crippen molar-refractivity contribution in [2.75, 3.05) is 6.61 Å². The monoisotopic (exact) mass is 454 g/mol. The van der Waals surface area contributed by atoms with E-state index in [0.29, 0.717) is 12.0 Å². The molecule has 2 heterocycles.